The molecule has 0 spiro atoms. The van der Waals surface area contributed by atoms with Crippen LogP contribution >= 0.6 is 15.9 Å². The molecule has 1 aliphatic rings. The number of carboxylic acid groups (broad SMARTS) is 1. The summed E-state index contributed by atoms with van der Waals surface area (Å²) in [5, 5.41) is 10.3. The van der Waals surface area contributed by atoms with E-state index in [0.717, 1.165) is 10.2 Å². The van der Waals surface area contributed by atoms with Crippen LogP contribution in [0.1, 0.15) is 41.6 Å². The third kappa shape index (κ3) is 2.11. The van der Waals surface area contributed by atoms with Gasteiger partial charge in [0.1, 0.15) is 0 Å². The number of halogens is 1. The number of pyridine rings is 1. The summed E-state index contributed by atoms with van der Waals surface area (Å²) in [6.45, 7) is 3.86. The monoisotopic (exact) mass is 335 g/mol. The van der Waals surface area contributed by atoms with Gasteiger partial charge in [-0.3, -0.25) is 4.98 Å². The van der Waals surface area contributed by atoms with Crippen LogP contribution in [-0.2, 0) is 11.2 Å². The lowest BCUT2D eigenvalue weighted by molar-refractivity contribution is -0.00661. The summed E-state index contributed by atoms with van der Waals surface area (Å²) in [7, 11) is 0. The molecule has 104 valence electrons. The standard InChI is InChI=1S/C15H14BrNO3/c1-7-5-12-13(8(2)20-7)14(15(18)19)10-6-9(16)3-4-11(10)17-12/h3-4,6-8H,5H2,1-2H3,(H,18,19). The SMILES string of the molecule is CC1Cc2nc3ccc(Br)cc3c(C(=O)O)c2C(C)O1. The maximum atomic E-state index is 11.7. The highest BCUT2D eigenvalue weighted by Crippen LogP contribution is 2.36. The molecule has 3 rings (SSSR count). The number of benzene rings is 1. The molecule has 1 aromatic carbocycles. The quantitative estimate of drug-likeness (QED) is 0.862. The third-order valence-electron chi connectivity index (χ3n) is 3.60. The second-order valence-corrected chi connectivity index (χ2v) is 6.02. The normalized spacial score (nSPS) is 21.8. The van der Waals surface area contributed by atoms with Crippen molar-refractivity contribution in [3.63, 3.8) is 0 Å². The number of fused-ring (bicyclic) bond motifs is 2. The second-order valence-electron chi connectivity index (χ2n) is 5.11. The first-order chi connectivity index (χ1) is 9.47. The van der Waals surface area contributed by atoms with Gasteiger partial charge in [-0.1, -0.05) is 15.9 Å². The molecule has 1 N–H and O–H groups in total. The van der Waals surface area contributed by atoms with Gasteiger partial charge in [0, 0.05) is 21.8 Å². The lowest BCUT2D eigenvalue weighted by Crippen LogP contribution is -2.26. The first kappa shape index (κ1) is 13.5. The van der Waals surface area contributed by atoms with Crippen LogP contribution in [0.15, 0.2) is 22.7 Å². The number of hydrogen-bond acceptors (Lipinski definition) is 3. The van der Waals surface area contributed by atoms with E-state index in [4.69, 9.17) is 4.74 Å². The number of carboxylic acids is 1. The number of hydrogen-bond donors (Lipinski definition) is 1. The van der Waals surface area contributed by atoms with E-state index in [9.17, 15) is 9.90 Å². The zero-order valence-corrected chi connectivity index (χ0v) is 12.8. The highest BCUT2D eigenvalue weighted by Gasteiger charge is 2.30. The first-order valence-corrected chi connectivity index (χ1v) is 7.27. The smallest absolute Gasteiger partial charge is 0.336 e. The van der Waals surface area contributed by atoms with Gasteiger partial charge >= 0.3 is 5.97 Å². The maximum Gasteiger partial charge on any atom is 0.336 e. The van der Waals surface area contributed by atoms with Gasteiger partial charge in [-0.05, 0) is 32.0 Å². The van der Waals surface area contributed by atoms with Crippen molar-refractivity contribution in [2.75, 3.05) is 0 Å². The fourth-order valence-corrected chi connectivity index (χ4v) is 3.22. The van der Waals surface area contributed by atoms with E-state index < -0.39 is 5.97 Å². The van der Waals surface area contributed by atoms with E-state index in [1.807, 2.05) is 26.0 Å². The Balaban J connectivity index is 2.40. The molecule has 20 heavy (non-hydrogen) atoms. The number of carbonyl (C=O) groups is 1. The van der Waals surface area contributed by atoms with Gasteiger partial charge in [-0.25, -0.2) is 4.79 Å². The molecule has 0 saturated carbocycles. The van der Waals surface area contributed by atoms with E-state index >= 15 is 0 Å². The Bertz CT molecular complexity index is 714. The minimum Gasteiger partial charge on any atom is -0.478 e. The molecule has 4 nitrogen and oxygen atoms in total. The fraction of sp³-hybridized carbons (Fsp3) is 0.333. The zero-order chi connectivity index (χ0) is 14.4. The van der Waals surface area contributed by atoms with Crippen molar-refractivity contribution in [3.8, 4) is 0 Å². The summed E-state index contributed by atoms with van der Waals surface area (Å²) < 4.78 is 6.61. The number of nitrogens with zero attached hydrogens (tertiary/aromatic N) is 1. The average Bonchev–Trinajstić information content (AvgIpc) is 2.36. The summed E-state index contributed by atoms with van der Waals surface area (Å²) >= 11 is 3.38. The average molecular weight is 336 g/mol. The Kier molecular flexibility index (Phi) is 3.26. The van der Waals surface area contributed by atoms with Crippen molar-refractivity contribution in [2.24, 2.45) is 0 Å². The molecular weight excluding hydrogens is 322 g/mol. The Morgan fingerprint density at radius 2 is 2.20 bits per heavy atom. The number of rotatable bonds is 1. The molecule has 2 atom stereocenters. The van der Waals surface area contributed by atoms with E-state index in [1.165, 1.54) is 0 Å². The Morgan fingerprint density at radius 1 is 1.45 bits per heavy atom. The lowest BCUT2D eigenvalue weighted by atomic mass is 9.92. The van der Waals surface area contributed by atoms with Crippen molar-refractivity contribution in [1.82, 2.24) is 4.98 Å². The Labute approximate surface area is 124 Å². The van der Waals surface area contributed by atoms with Crippen molar-refractivity contribution >= 4 is 32.8 Å². The van der Waals surface area contributed by atoms with Gasteiger partial charge in [-0.2, -0.15) is 0 Å². The van der Waals surface area contributed by atoms with E-state index in [-0.39, 0.29) is 12.2 Å². The molecule has 0 fully saturated rings. The van der Waals surface area contributed by atoms with Gasteiger partial charge in [0.05, 0.1) is 29.0 Å². The molecule has 2 unspecified atom stereocenters. The third-order valence-corrected chi connectivity index (χ3v) is 4.09. The predicted octanol–water partition coefficient (Wildman–Crippen LogP) is 3.72. The molecule has 1 aliphatic heterocycles. The number of aromatic carboxylic acids is 1. The fourth-order valence-electron chi connectivity index (χ4n) is 2.86. The highest BCUT2D eigenvalue weighted by molar-refractivity contribution is 9.10. The molecule has 0 saturated heterocycles. The van der Waals surface area contributed by atoms with Crippen LogP contribution in [-0.4, -0.2) is 22.2 Å². The number of aromatic nitrogens is 1. The molecule has 0 radical (unpaired) electrons. The molecule has 0 bridgehead atoms. The maximum absolute atomic E-state index is 11.7. The van der Waals surface area contributed by atoms with Crippen LogP contribution in [0.2, 0.25) is 0 Å². The van der Waals surface area contributed by atoms with Crippen LogP contribution in [0.4, 0.5) is 0 Å². The van der Waals surface area contributed by atoms with Crippen molar-refractivity contribution in [3.05, 3.63) is 39.5 Å². The highest BCUT2D eigenvalue weighted by atomic mass is 79.9. The summed E-state index contributed by atoms with van der Waals surface area (Å²) in [6, 6.07) is 5.52. The largest absolute Gasteiger partial charge is 0.478 e. The molecule has 2 aromatic rings. The van der Waals surface area contributed by atoms with Crippen LogP contribution in [0, 0.1) is 0 Å². The zero-order valence-electron chi connectivity index (χ0n) is 11.2. The van der Waals surface area contributed by atoms with Gasteiger partial charge in [0.25, 0.3) is 0 Å². The number of ether oxygens (including phenoxy) is 1. The lowest BCUT2D eigenvalue weighted by Gasteiger charge is -2.29. The summed E-state index contributed by atoms with van der Waals surface area (Å²) in [4.78, 5) is 16.4. The van der Waals surface area contributed by atoms with Crippen LogP contribution in [0.3, 0.4) is 0 Å². The van der Waals surface area contributed by atoms with Crippen molar-refractivity contribution in [1.29, 1.82) is 0 Å². The minimum absolute atomic E-state index is 0.0551. The first-order valence-electron chi connectivity index (χ1n) is 6.48. The van der Waals surface area contributed by atoms with Crippen LogP contribution < -0.4 is 0 Å². The van der Waals surface area contributed by atoms with Gasteiger partial charge in [0.2, 0.25) is 0 Å². The summed E-state index contributed by atoms with van der Waals surface area (Å²) in [6.07, 6.45) is 0.446. The Morgan fingerprint density at radius 3 is 2.90 bits per heavy atom. The molecule has 0 aliphatic carbocycles. The molecule has 5 heteroatoms. The molecular formula is C15H14BrNO3. The molecule has 1 aromatic heterocycles. The van der Waals surface area contributed by atoms with E-state index in [2.05, 4.69) is 20.9 Å². The van der Waals surface area contributed by atoms with E-state index in [0.29, 0.717) is 28.5 Å². The van der Waals surface area contributed by atoms with Crippen molar-refractivity contribution < 1.29 is 14.6 Å². The van der Waals surface area contributed by atoms with Gasteiger partial charge in [-0.15, -0.1) is 0 Å². The van der Waals surface area contributed by atoms with Crippen LogP contribution in [0.5, 0.6) is 0 Å². The predicted molar refractivity (Wildman–Crippen MR) is 79.1 cm³/mol. The van der Waals surface area contributed by atoms with Crippen molar-refractivity contribution in [2.45, 2.75) is 32.5 Å². The van der Waals surface area contributed by atoms with E-state index in [1.54, 1.807) is 6.07 Å². The molecule has 0 amide bonds. The van der Waals surface area contributed by atoms with Gasteiger partial charge < -0.3 is 9.84 Å². The van der Waals surface area contributed by atoms with Gasteiger partial charge in [0.15, 0.2) is 0 Å². The summed E-state index contributed by atoms with van der Waals surface area (Å²) in [5.74, 6) is -0.934. The summed E-state index contributed by atoms with van der Waals surface area (Å²) in [5.41, 5.74) is 2.57. The molecule has 2 heterocycles. The minimum atomic E-state index is -0.934. The Hall–Kier alpha value is -1.46. The second kappa shape index (κ2) is 4.82. The topological polar surface area (TPSA) is 59.4 Å². The van der Waals surface area contributed by atoms with Crippen LogP contribution in [0.25, 0.3) is 10.9 Å².